The van der Waals surface area contributed by atoms with E-state index in [2.05, 4.69) is 57.2 Å². The molecule has 2 rings (SSSR count). The first kappa shape index (κ1) is 18.5. The third-order valence-corrected chi connectivity index (χ3v) is 3.88. The lowest BCUT2D eigenvalue weighted by molar-refractivity contribution is 0.782. The second-order valence-corrected chi connectivity index (χ2v) is 5.70. The standard InChI is InChI=1S/C11H13N.C10H11N/c1-9-5-3-4-6-11(9)10(2)7-8-12;1-9-5-2-3-6-10(9)7-4-8-11/h3-6,10H,7H2,1-2H3;2-3,5-6H,4,7H2,1H3. The molecule has 0 saturated carbocycles. The average Bonchev–Trinajstić information content (AvgIpc) is 2.55. The minimum atomic E-state index is 0.358. The number of hydrogen-bond donors (Lipinski definition) is 0. The van der Waals surface area contributed by atoms with E-state index in [0.29, 0.717) is 18.8 Å². The Morgan fingerprint density at radius 3 is 2.04 bits per heavy atom. The Morgan fingerprint density at radius 2 is 1.48 bits per heavy atom. The van der Waals surface area contributed by atoms with Gasteiger partial charge >= 0.3 is 0 Å². The fourth-order valence-corrected chi connectivity index (χ4v) is 2.47. The van der Waals surface area contributed by atoms with Crippen molar-refractivity contribution in [3.8, 4) is 12.1 Å². The molecule has 0 aliphatic heterocycles. The zero-order chi connectivity index (χ0) is 17.1. The normalized spacial score (nSPS) is 10.7. The van der Waals surface area contributed by atoms with Gasteiger partial charge in [0.15, 0.2) is 0 Å². The van der Waals surface area contributed by atoms with Gasteiger partial charge in [0.2, 0.25) is 0 Å². The largest absolute Gasteiger partial charge is 0.198 e. The van der Waals surface area contributed by atoms with Gasteiger partial charge in [0.05, 0.1) is 12.1 Å². The van der Waals surface area contributed by atoms with Gasteiger partial charge in [-0.15, -0.1) is 0 Å². The number of benzene rings is 2. The minimum absolute atomic E-state index is 0.358. The van der Waals surface area contributed by atoms with E-state index in [1.54, 1.807) is 0 Å². The second-order valence-electron chi connectivity index (χ2n) is 5.70. The van der Waals surface area contributed by atoms with E-state index < -0.39 is 0 Å². The zero-order valence-corrected chi connectivity index (χ0v) is 14.2. The molecule has 0 heterocycles. The average molecular weight is 304 g/mol. The van der Waals surface area contributed by atoms with Crippen LogP contribution in [0.5, 0.6) is 0 Å². The number of nitrogens with zero attached hydrogens (tertiary/aromatic N) is 2. The SMILES string of the molecule is Cc1ccccc1C(C)CC#N.Cc1ccccc1CCC#N. The van der Waals surface area contributed by atoms with Gasteiger partial charge in [-0.2, -0.15) is 10.5 Å². The molecule has 2 aromatic carbocycles. The number of nitriles is 2. The maximum atomic E-state index is 8.54. The molecule has 0 saturated heterocycles. The van der Waals surface area contributed by atoms with Crippen LogP contribution in [0.25, 0.3) is 0 Å². The van der Waals surface area contributed by atoms with Crippen LogP contribution in [0.3, 0.4) is 0 Å². The predicted molar refractivity (Wildman–Crippen MR) is 94.9 cm³/mol. The fourth-order valence-electron chi connectivity index (χ4n) is 2.47. The molecule has 0 radical (unpaired) electrons. The third kappa shape index (κ3) is 6.37. The van der Waals surface area contributed by atoms with E-state index in [9.17, 15) is 0 Å². The van der Waals surface area contributed by atoms with Crippen molar-refractivity contribution in [2.45, 2.75) is 46.0 Å². The van der Waals surface area contributed by atoms with Crippen molar-refractivity contribution in [2.75, 3.05) is 0 Å². The molecule has 0 aliphatic carbocycles. The molecule has 0 fully saturated rings. The third-order valence-electron chi connectivity index (χ3n) is 3.88. The quantitative estimate of drug-likeness (QED) is 0.752. The Morgan fingerprint density at radius 1 is 0.870 bits per heavy atom. The summed E-state index contributed by atoms with van der Waals surface area (Å²) in [5.41, 5.74) is 5.14. The molecule has 0 N–H and O–H groups in total. The highest BCUT2D eigenvalue weighted by Gasteiger charge is 2.05. The van der Waals surface area contributed by atoms with Crippen molar-refractivity contribution in [3.63, 3.8) is 0 Å². The lowest BCUT2D eigenvalue weighted by atomic mass is 9.94. The van der Waals surface area contributed by atoms with Gasteiger partial charge in [-0.25, -0.2) is 0 Å². The maximum absolute atomic E-state index is 8.54. The van der Waals surface area contributed by atoms with Gasteiger partial charge in [0, 0.05) is 12.8 Å². The van der Waals surface area contributed by atoms with Crippen molar-refractivity contribution in [1.82, 2.24) is 0 Å². The molecule has 2 heteroatoms. The smallest absolute Gasteiger partial charge is 0.0628 e. The summed E-state index contributed by atoms with van der Waals surface area (Å²) in [7, 11) is 0. The first-order valence-corrected chi connectivity index (χ1v) is 7.94. The van der Waals surface area contributed by atoms with Crippen molar-refractivity contribution in [3.05, 3.63) is 70.8 Å². The van der Waals surface area contributed by atoms with Crippen LogP contribution in [0.2, 0.25) is 0 Å². The monoisotopic (exact) mass is 304 g/mol. The summed E-state index contributed by atoms with van der Waals surface area (Å²) in [4.78, 5) is 0. The van der Waals surface area contributed by atoms with E-state index in [-0.39, 0.29) is 0 Å². The van der Waals surface area contributed by atoms with Crippen LogP contribution in [-0.2, 0) is 6.42 Å². The van der Waals surface area contributed by atoms with E-state index in [1.165, 1.54) is 22.3 Å². The summed E-state index contributed by atoms with van der Waals surface area (Å²) in [6, 6.07) is 20.8. The Balaban J connectivity index is 0.000000231. The Bertz CT molecular complexity index is 689. The molecule has 118 valence electrons. The summed E-state index contributed by atoms with van der Waals surface area (Å²) in [5, 5.41) is 16.9. The highest BCUT2D eigenvalue weighted by molar-refractivity contribution is 5.29. The van der Waals surface area contributed by atoms with Crippen LogP contribution >= 0.6 is 0 Å². The fraction of sp³-hybridized carbons (Fsp3) is 0.333. The first-order chi connectivity index (χ1) is 11.1. The molecule has 1 atom stereocenters. The van der Waals surface area contributed by atoms with Crippen molar-refractivity contribution in [2.24, 2.45) is 0 Å². The molecule has 2 nitrogen and oxygen atoms in total. The summed E-state index contributed by atoms with van der Waals surface area (Å²) in [6.45, 7) is 6.25. The van der Waals surface area contributed by atoms with E-state index in [1.807, 2.05) is 24.3 Å². The molecule has 0 amide bonds. The van der Waals surface area contributed by atoms with Crippen LogP contribution in [-0.4, -0.2) is 0 Å². The summed E-state index contributed by atoms with van der Waals surface area (Å²) >= 11 is 0. The zero-order valence-electron chi connectivity index (χ0n) is 14.2. The van der Waals surface area contributed by atoms with E-state index >= 15 is 0 Å². The number of rotatable bonds is 4. The summed E-state index contributed by atoms with van der Waals surface area (Å²) in [6.07, 6.45) is 2.10. The predicted octanol–water partition coefficient (Wildman–Crippen LogP) is 5.46. The van der Waals surface area contributed by atoms with Crippen LogP contribution in [0.4, 0.5) is 0 Å². The number of aryl methyl sites for hydroxylation is 3. The Kier molecular flexibility index (Phi) is 8.19. The highest BCUT2D eigenvalue weighted by atomic mass is 14.2. The summed E-state index contributed by atoms with van der Waals surface area (Å²) < 4.78 is 0. The maximum Gasteiger partial charge on any atom is 0.0628 e. The van der Waals surface area contributed by atoms with Gasteiger partial charge in [-0.05, 0) is 48.4 Å². The molecular formula is C21H24N2. The first-order valence-electron chi connectivity index (χ1n) is 7.94. The van der Waals surface area contributed by atoms with E-state index in [0.717, 1.165) is 6.42 Å². The minimum Gasteiger partial charge on any atom is -0.198 e. The molecule has 0 spiro atoms. The highest BCUT2D eigenvalue weighted by Crippen LogP contribution is 2.21. The lowest BCUT2D eigenvalue weighted by Gasteiger charge is -2.09. The van der Waals surface area contributed by atoms with Gasteiger partial charge in [-0.1, -0.05) is 55.5 Å². The van der Waals surface area contributed by atoms with Crippen molar-refractivity contribution < 1.29 is 0 Å². The number of hydrogen-bond acceptors (Lipinski definition) is 2. The molecule has 0 aliphatic rings. The van der Waals surface area contributed by atoms with Gasteiger partial charge < -0.3 is 0 Å². The lowest BCUT2D eigenvalue weighted by Crippen LogP contribution is -1.94. The van der Waals surface area contributed by atoms with Crippen molar-refractivity contribution >= 4 is 0 Å². The Labute approximate surface area is 140 Å². The van der Waals surface area contributed by atoms with Gasteiger partial charge in [0.25, 0.3) is 0 Å². The Hall–Kier alpha value is -2.58. The topological polar surface area (TPSA) is 47.6 Å². The van der Waals surface area contributed by atoms with Crippen LogP contribution < -0.4 is 0 Å². The molecular weight excluding hydrogens is 280 g/mol. The van der Waals surface area contributed by atoms with Crippen LogP contribution in [0.15, 0.2) is 48.5 Å². The van der Waals surface area contributed by atoms with Gasteiger partial charge in [-0.3, -0.25) is 0 Å². The van der Waals surface area contributed by atoms with E-state index in [4.69, 9.17) is 10.5 Å². The van der Waals surface area contributed by atoms with Crippen LogP contribution in [0.1, 0.15) is 47.9 Å². The molecule has 2 aromatic rings. The van der Waals surface area contributed by atoms with Gasteiger partial charge in [0.1, 0.15) is 0 Å². The molecule has 0 bridgehead atoms. The van der Waals surface area contributed by atoms with Crippen molar-refractivity contribution in [1.29, 1.82) is 10.5 Å². The molecule has 0 aromatic heterocycles. The molecule has 1 unspecified atom stereocenters. The second kappa shape index (κ2) is 10.2. The summed E-state index contributed by atoms with van der Waals surface area (Å²) in [5.74, 6) is 0.358. The van der Waals surface area contributed by atoms with Crippen LogP contribution in [0, 0.1) is 36.5 Å². The molecule has 23 heavy (non-hydrogen) atoms.